The Kier molecular flexibility index (Phi) is 5.42. The van der Waals surface area contributed by atoms with Crippen LogP contribution < -0.4 is 5.32 Å². The summed E-state index contributed by atoms with van der Waals surface area (Å²) in [5.74, 6) is -0.0584. The van der Waals surface area contributed by atoms with Crippen molar-refractivity contribution in [3.05, 3.63) is 22.4 Å². The van der Waals surface area contributed by atoms with Crippen LogP contribution in [0, 0.1) is 0 Å². The van der Waals surface area contributed by atoms with E-state index in [4.69, 9.17) is 5.21 Å². The molecule has 2 N–H and O–H groups in total. The van der Waals surface area contributed by atoms with E-state index in [2.05, 4.69) is 43.3 Å². The molecule has 0 unspecified atom stereocenters. The molecule has 1 aliphatic rings. The lowest BCUT2D eigenvalue weighted by atomic mass is 10.1. The van der Waals surface area contributed by atoms with E-state index in [0.29, 0.717) is 21.5 Å². The average molecular weight is 434 g/mol. The minimum Gasteiger partial charge on any atom is -0.411 e. The van der Waals surface area contributed by atoms with Gasteiger partial charge in [-0.1, -0.05) is 5.16 Å². The van der Waals surface area contributed by atoms with Gasteiger partial charge in [-0.15, -0.1) is 0 Å². The summed E-state index contributed by atoms with van der Waals surface area (Å²) in [4.78, 5) is 6.45. The Labute approximate surface area is 156 Å². The van der Waals surface area contributed by atoms with Gasteiger partial charge in [0.1, 0.15) is 12.8 Å². The van der Waals surface area contributed by atoms with E-state index in [-0.39, 0.29) is 5.82 Å². The van der Waals surface area contributed by atoms with Gasteiger partial charge in [-0.05, 0) is 61.0 Å². The Hall–Kier alpha value is -1.81. The number of likely N-dealkylation sites (tertiary alicyclic amines) is 1. The number of rotatable bonds is 4. The molecule has 0 bridgehead atoms. The van der Waals surface area contributed by atoms with Gasteiger partial charge in [-0.3, -0.25) is 0 Å². The smallest absolute Gasteiger partial charge is 0.406 e. The second-order valence-corrected chi connectivity index (χ2v) is 7.32. The van der Waals surface area contributed by atoms with Gasteiger partial charge < -0.3 is 20.0 Å². The number of oxime groups is 1. The van der Waals surface area contributed by atoms with Crippen LogP contribution in [-0.2, 0) is 6.54 Å². The van der Waals surface area contributed by atoms with Crippen molar-refractivity contribution in [3.63, 3.8) is 0 Å². The molecule has 2 heterocycles. The highest BCUT2D eigenvalue weighted by atomic mass is 79.9. The maximum atomic E-state index is 12.9. The van der Waals surface area contributed by atoms with Crippen LogP contribution >= 0.6 is 15.9 Å². The van der Waals surface area contributed by atoms with Gasteiger partial charge in [0.25, 0.3) is 0 Å². The monoisotopic (exact) mass is 433 g/mol. The molecule has 0 atom stereocenters. The molecule has 1 saturated heterocycles. The molecule has 10 heteroatoms. The Balaban J connectivity index is 1.95. The minimum absolute atomic E-state index is 0.0584. The first kappa shape index (κ1) is 19.0. The summed E-state index contributed by atoms with van der Waals surface area (Å²) in [5, 5.41) is 15.0. The summed E-state index contributed by atoms with van der Waals surface area (Å²) in [6, 6.07) is 3.79. The average Bonchev–Trinajstić information content (AvgIpc) is 2.86. The second-order valence-electron chi connectivity index (χ2n) is 6.46. The van der Waals surface area contributed by atoms with Crippen molar-refractivity contribution < 1.29 is 18.4 Å². The zero-order valence-corrected chi connectivity index (χ0v) is 15.7. The molecule has 0 saturated carbocycles. The lowest BCUT2D eigenvalue weighted by Gasteiger charge is -2.30. The highest BCUT2D eigenvalue weighted by molar-refractivity contribution is 9.10. The fourth-order valence-electron chi connectivity index (χ4n) is 3.20. The van der Waals surface area contributed by atoms with Gasteiger partial charge in [-0.2, -0.15) is 13.2 Å². The Morgan fingerprint density at radius 2 is 2.08 bits per heavy atom. The Morgan fingerprint density at radius 3 is 2.69 bits per heavy atom. The van der Waals surface area contributed by atoms with E-state index in [0.717, 1.165) is 42.4 Å². The Bertz CT molecular complexity index is 812. The van der Waals surface area contributed by atoms with Gasteiger partial charge in [0, 0.05) is 16.2 Å². The standard InChI is InChI=1S/C16H19BrF3N5O/c1-24-4-2-10(3-5-24)22-11-6-12(17)15-13(7-11)23-14(8-21-26)25(15)9-16(18,19)20/h6-8,10,22,26H,2-5,9H2,1H3/b21-8+. The van der Waals surface area contributed by atoms with Crippen molar-refractivity contribution in [2.45, 2.75) is 31.6 Å². The molecule has 1 aliphatic heterocycles. The summed E-state index contributed by atoms with van der Waals surface area (Å²) < 4.78 is 40.3. The van der Waals surface area contributed by atoms with Crippen LogP contribution in [-0.4, -0.2) is 58.2 Å². The number of anilines is 1. The van der Waals surface area contributed by atoms with Crippen LogP contribution in [0.4, 0.5) is 18.9 Å². The lowest BCUT2D eigenvalue weighted by molar-refractivity contribution is -0.140. The van der Waals surface area contributed by atoms with E-state index >= 15 is 0 Å². The third-order valence-electron chi connectivity index (χ3n) is 4.42. The first-order valence-electron chi connectivity index (χ1n) is 8.16. The SMILES string of the molecule is CN1CCC(Nc2cc(Br)c3c(c2)nc(/C=N/O)n3CC(F)(F)F)CC1. The van der Waals surface area contributed by atoms with E-state index in [1.807, 2.05) is 0 Å². The van der Waals surface area contributed by atoms with Crippen molar-refractivity contribution in [3.8, 4) is 0 Å². The molecule has 0 amide bonds. The molecular formula is C16H19BrF3N5O. The molecule has 6 nitrogen and oxygen atoms in total. The topological polar surface area (TPSA) is 65.7 Å². The van der Waals surface area contributed by atoms with Crippen molar-refractivity contribution in [1.29, 1.82) is 0 Å². The van der Waals surface area contributed by atoms with Crippen LogP contribution in [0.2, 0.25) is 0 Å². The van der Waals surface area contributed by atoms with Crippen molar-refractivity contribution in [2.24, 2.45) is 5.16 Å². The van der Waals surface area contributed by atoms with Crippen LogP contribution in [0.5, 0.6) is 0 Å². The van der Waals surface area contributed by atoms with Crippen molar-refractivity contribution in [1.82, 2.24) is 14.5 Å². The molecule has 142 valence electrons. The van der Waals surface area contributed by atoms with E-state index in [1.54, 1.807) is 12.1 Å². The summed E-state index contributed by atoms with van der Waals surface area (Å²) in [6.45, 7) is 0.780. The van der Waals surface area contributed by atoms with E-state index in [9.17, 15) is 13.2 Å². The molecular weight excluding hydrogens is 415 g/mol. The number of nitrogens with one attached hydrogen (secondary N) is 1. The summed E-state index contributed by atoms with van der Waals surface area (Å²) in [7, 11) is 2.08. The largest absolute Gasteiger partial charge is 0.411 e. The first-order valence-corrected chi connectivity index (χ1v) is 8.95. The van der Waals surface area contributed by atoms with E-state index < -0.39 is 12.7 Å². The highest BCUT2D eigenvalue weighted by Crippen LogP contribution is 2.32. The molecule has 1 aromatic heterocycles. The molecule has 2 aromatic rings. The lowest BCUT2D eigenvalue weighted by Crippen LogP contribution is -2.36. The number of halogens is 4. The van der Waals surface area contributed by atoms with Crippen LogP contribution in [0.15, 0.2) is 21.8 Å². The summed E-state index contributed by atoms with van der Waals surface area (Å²) in [5.41, 5.74) is 1.50. The minimum atomic E-state index is -4.42. The third kappa shape index (κ3) is 4.29. The number of hydrogen-bond acceptors (Lipinski definition) is 5. The number of nitrogens with zero attached hydrogens (tertiary/aromatic N) is 4. The molecule has 26 heavy (non-hydrogen) atoms. The summed E-state index contributed by atoms with van der Waals surface area (Å²) >= 11 is 3.36. The predicted molar refractivity (Wildman–Crippen MR) is 97.0 cm³/mol. The van der Waals surface area contributed by atoms with E-state index in [1.165, 1.54) is 0 Å². The number of fused-ring (bicyclic) bond motifs is 1. The van der Waals surface area contributed by atoms with Crippen LogP contribution in [0.3, 0.4) is 0 Å². The molecule has 3 rings (SSSR count). The number of imidazole rings is 1. The third-order valence-corrected chi connectivity index (χ3v) is 5.03. The first-order chi connectivity index (χ1) is 12.3. The molecule has 0 aliphatic carbocycles. The maximum Gasteiger partial charge on any atom is 0.406 e. The Morgan fingerprint density at radius 1 is 1.38 bits per heavy atom. The second kappa shape index (κ2) is 7.43. The zero-order chi connectivity index (χ0) is 18.9. The maximum absolute atomic E-state index is 12.9. The van der Waals surface area contributed by atoms with Crippen LogP contribution in [0.1, 0.15) is 18.7 Å². The van der Waals surface area contributed by atoms with Crippen molar-refractivity contribution in [2.75, 3.05) is 25.5 Å². The quantitative estimate of drug-likeness (QED) is 0.438. The fraction of sp³-hybridized carbons (Fsp3) is 0.500. The molecule has 0 radical (unpaired) electrons. The predicted octanol–water partition coefficient (Wildman–Crippen LogP) is 3.68. The number of benzene rings is 1. The number of hydrogen-bond donors (Lipinski definition) is 2. The molecule has 0 spiro atoms. The molecule has 1 fully saturated rings. The van der Waals surface area contributed by atoms with Crippen LogP contribution in [0.25, 0.3) is 11.0 Å². The molecule has 1 aromatic carbocycles. The normalized spacial score (nSPS) is 17.4. The van der Waals surface area contributed by atoms with Crippen molar-refractivity contribution >= 4 is 38.9 Å². The number of alkyl halides is 3. The number of piperidine rings is 1. The highest BCUT2D eigenvalue weighted by Gasteiger charge is 2.31. The van der Waals surface area contributed by atoms with Gasteiger partial charge in [0.15, 0.2) is 5.82 Å². The van der Waals surface area contributed by atoms with Gasteiger partial charge in [-0.25, -0.2) is 4.98 Å². The summed E-state index contributed by atoms with van der Waals surface area (Å²) in [6.07, 6.45) is -1.52. The fourth-order valence-corrected chi connectivity index (χ4v) is 3.86. The van der Waals surface area contributed by atoms with Gasteiger partial charge in [0.2, 0.25) is 0 Å². The van der Waals surface area contributed by atoms with Gasteiger partial charge in [0.05, 0.1) is 11.0 Å². The number of aromatic nitrogens is 2. The zero-order valence-electron chi connectivity index (χ0n) is 14.1. The van der Waals surface area contributed by atoms with Gasteiger partial charge >= 0.3 is 6.18 Å².